The topological polar surface area (TPSA) is 55.0 Å². The smallest absolute Gasteiger partial charge is 0.131 e. The Balaban J connectivity index is 1.75. The third-order valence-electron chi connectivity index (χ3n) is 4.57. The standard InChI is InChI=1S/C15H24N4/c1-11-14(19-8-6-13(16)7-9-19)10-17-15(18-11)12-4-2-3-5-12/h10,12-13H,2-9,16H2,1H3. The number of aromatic nitrogens is 2. The Bertz CT molecular complexity index is 432. The van der Waals surface area contributed by atoms with E-state index in [0.29, 0.717) is 12.0 Å². The summed E-state index contributed by atoms with van der Waals surface area (Å²) in [4.78, 5) is 11.8. The van der Waals surface area contributed by atoms with E-state index < -0.39 is 0 Å². The second-order valence-electron chi connectivity index (χ2n) is 6.00. The highest BCUT2D eigenvalue weighted by molar-refractivity contribution is 5.49. The van der Waals surface area contributed by atoms with Crippen molar-refractivity contribution in [1.29, 1.82) is 0 Å². The van der Waals surface area contributed by atoms with Gasteiger partial charge in [-0.25, -0.2) is 9.97 Å². The predicted octanol–water partition coefficient (Wildman–Crippen LogP) is 2.37. The van der Waals surface area contributed by atoms with E-state index in [1.807, 2.05) is 6.20 Å². The molecule has 1 aliphatic heterocycles. The minimum atomic E-state index is 0.371. The monoisotopic (exact) mass is 260 g/mol. The summed E-state index contributed by atoms with van der Waals surface area (Å²) in [5, 5.41) is 0. The van der Waals surface area contributed by atoms with Crippen molar-refractivity contribution in [2.75, 3.05) is 18.0 Å². The van der Waals surface area contributed by atoms with Gasteiger partial charge in [0.05, 0.1) is 17.6 Å². The Morgan fingerprint density at radius 1 is 1.16 bits per heavy atom. The van der Waals surface area contributed by atoms with Gasteiger partial charge in [0.15, 0.2) is 0 Å². The molecule has 2 fully saturated rings. The zero-order valence-electron chi connectivity index (χ0n) is 11.8. The van der Waals surface area contributed by atoms with Crippen LogP contribution in [-0.4, -0.2) is 29.1 Å². The zero-order valence-corrected chi connectivity index (χ0v) is 11.8. The van der Waals surface area contributed by atoms with Crippen LogP contribution in [-0.2, 0) is 0 Å². The van der Waals surface area contributed by atoms with E-state index in [0.717, 1.165) is 37.4 Å². The minimum Gasteiger partial charge on any atom is -0.369 e. The zero-order chi connectivity index (χ0) is 13.2. The third-order valence-corrected chi connectivity index (χ3v) is 4.57. The number of piperidine rings is 1. The molecule has 4 nitrogen and oxygen atoms in total. The SMILES string of the molecule is Cc1nc(C2CCCC2)ncc1N1CCC(N)CC1. The van der Waals surface area contributed by atoms with Crippen LogP contribution in [0.2, 0.25) is 0 Å². The summed E-state index contributed by atoms with van der Waals surface area (Å²) in [7, 11) is 0. The highest BCUT2D eigenvalue weighted by Gasteiger charge is 2.22. The van der Waals surface area contributed by atoms with Crippen molar-refractivity contribution in [3.05, 3.63) is 17.7 Å². The summed E-state index contributed by atoms with van der Waals surface area (Å²) < 4.78 is 0. The summed E-state index contributed by atoms with van der Waals surface area (Å²) in [6.45, 7) is 4.19. The molecule has 19 heavy (non-hydrogen) atoms. The Kier molecular flexibility index (Phi) is 3.69. The molecule has 104 valence electrons. The molecule has 0 spiro atoms. The Hall–Kier alpha value is -1.16. The number of nitrogens with zero attached hydrogens (tertiary/aromatic N) is 3. The molecule has 0 radical (unpaired) electrons. The van der Waals surface area contributed by atoms with Crippen LogP contribution >= 0.6 is 0 Å². The number of hydrogen-bond acceptors (Lipinski definition) is 4. The molecule has 0 atom stereocenters. The second-order valence-corrected chi connectivity index (χ2v) is 6.00. The highest BCUT2D eigenvalue weighted by atomic mass is 15.2. The molecule has 0 aromatic carbocycles. The molecule has 0 bridgehead atoms. The second kappa shape index (κ2) is 5.45. The van der Waals surface area contributed by atoms with E-state index in [-0.39, 0.29) is 0 Å². The van der Waals surface area contributed by atoms with Gasteiger partial charge in [-0.2, -0.15) is 0 Å². The molecule has 4 heteroatoms. The molecule has 1 saturated heterocycles. The van der Waals surface area contributed by atoms with E-state index in [1.54, 1.807) is 0 Å². The van der Waals surface area contributed by atoms with Crippen molar-refractivity contribution in [3.63, 3.8) is 0 Å². The van der Waals surface area contributed by atoms with E-state index in [2.05, 4.69) is 16.8 Å². The molecule has 2 N–H and O–H groups in total. The lowest BCUT2D eigenvalue weighted by molar-refractivity contribution is 0.499. The van der Waals surface area contributed by atoms with Gasteiger partial charge in [-0.05, 0) is 32.6 Å². The summed E-state index contributed by atoms with van der Waals surface area (Å²) in [5.74, 6) is 1.66. The third kappa shape index (κ3) is 2.73. The number of aryl methyl sites for hydroxylation is 1. The lowest BCUT2D eigenvalue weighted by Gasteiger charge is -2.32. The molecule has 1 aromatic rings. The van der Waals surface area contributed by atoms with E-state index in [9.17, 15) is 0 Å². The number of anilines is 1. The first-order valence-electron chi connectivity index (χ1n) is 7.58. The van der Waals surface area contributed by atoms with Gasteiger partial charge in [0.1, 0.15) is 5.82 Å². The summed E-state index contributed by atoms with van der Waals surface area (Å²) >= 11 is 0. The molecular formula is C15H24N4. The Labute approximate surface area is 115 Å². The van der Waals surface area contributed by atoms with Crippen molar-refractivity contribution >= 4 is 5.69 Å². The minimum absolute atomic E-state index is 0.371. The van der Waals surface area contributed by atoms with Crippen molar-refractivity contribution in [2.24, 2.45) is 5.73 Å². The van der Waals surface area contributed by atoms with Crippen molar-refractivity contribution in [3.8, 4) is 0 Å². The van der Waals surface area contributed by atoms with Crippen molar-refractivity contribution < 1.29 is 0 Å². The molecule has 2 aliphatic rings. The predicted molar refractivity (Wildman–Crippen MR) is 77.4 cm³/mol. The van der Waals surface area contributed by atoms with Crippen LogP contribution < -0.4 is 10.6 Å². The summed E-state index contributed by atoms with van der Waals surface area (Å²) in [6.07, 6.45) is 9.37. The fourth-order valence-electron chi connectivity index (χ4n) is 3.31. The van der Waals surface area contributed by atoms with Crippen LogP contribution in [0.15, 0.2) is 6.20 Å². The number of hydrogen-bond donors (Lipinski definition) is 1. The maximum Gasteiger partial charge on any atom is 0.131 e. The van der Waals surface area contributed by atoms with Crippen molar-refractivity contribution in [2.45, 2.75) is 57.4 Å². The molecular weight excluding hydrogens is 236 g/mol. The van der Waals surface area contributed by atoms with Gasteiger partial charge >= 0.3 is 0 Å². The summed E-state index contributed by atoms with van der Waals surface area (Å²) in [6, 6.07) is 0.371. The highest BCUT2D eigenvalue weighted by Crippen LogP contribution is 2.33. The number of nitrogens with two attached hydrogens (primary N) is 1. The van der Waals surface area contributed by atoms with Crippen LogP contribution in [0.1, 0.15) is 56.0 Å². The molecule has 0 amide bonds. The molecule has 3 rings (SSSR count). The maximum atomic E-state index is 5.96. The van der Waals surface area contributed by atoms with Crippen LogP contribution in [0.5, 0.6) is 0 Å². The Morgan fingerprint density at radius 2 is 1.84 bits per heavy atom. The van der Waals surface area contributed by atoms with Gasteiger partial charge in [-0.15, -0.1) is 0 Å². The van der Waals surface area contributed by atoms with Crippen LogP contribution in [0, 0.1) is 6.92 Å². The van der Waals surface area contributed by atoms with E-state index in [1.165, 1.54) is 31.4 Å². The quantitative estimate of drug-likeness (QED) is 0.887. The van der Waals surface area contributed by atoms with Gasteiger partial charge in [-0.1, -0.05) is 12.8 Å². The van der Waals surface area contributed by atoms with Crippen molar-refractivity contribution in [1.82, 2.24) is 9.97 Å². The lowest BCUT2D eigenvalue weighted by atomic mass is 10.1. The van der Waals surface area contributed by atoms with Crippen LogP contribution in [0.3, 0.4) is 0 Å². The fraction of sp³-hybridized carbons (Fsp3) is 0.733. The van der Waals surface area contributed by atoms with Gasteiger partial charge in [0.2, 0.25) is 0 Å². The first-order valence-corrected chi connectivity index (χ1v) is 7.58. The van der Waals surface area contributed by atoms with Gasteiger partial charge < -0.3 is 10.6 Å². The van der Waals surface area contributed by atoms with E-state index >= 15 is 0 Å². The van der Waals surface area contributed by atoms with E-state index in [4.69, 9.17) is 10.7 Å². The Morgan fingerprint density at radius 3 is 2.47 bits per heavy atom. The van der Waals surface area contributed by atoms with Crippen LogP contribution in [0.4, 0.5) is 5.69 Å². The number of rotatable bonds is 2. The average Bonchev–Trinajstić information content (AvgIpc) is 2.94. The van der Waals surface area contributed by atoms with Gasteiger partial charge in [0, 0.05) is 25.0 Å². The van der Waals surface area contributed by atoms with Gasteiger partial charge in [-0.3, -0.25) is 0 Å². The molecule has 1 aliphatic carbocycles. The maximum absolute atomic E-state index is 5.96. The first kappa shape index (κ1) is 12.9. The summed E-state index contributed by atoms with van der Waals surface area (Å²) in [5.41, 5.74) is 8.30. The molecule has 1 saturated carbocycles. The lowest BCUT2D eigenvalue weighted by Crippen LogP contribution is -2.40. The van der Waals surface area contributed by atoms with Gasteiger partial charge in [0.25, 0.3) is 0 Å². The molecule has 2 heterocycles. The normalized spacial score (nSPS) is 22.1. The average molecular weight is 260 g/mol. The fourth-order valence-corrected chi connectivity index (χ4v) is 3.31. The molecule has 1 aromatic heterocycles. The molecule has 0 unspecified atom stereocenters. The first-order chi connectivity index (χ1) is 9.24. The largest absolute Gasteiger partial charge is 0.369 e. The van der Waals surface area contributed by atoms with Crippen LogP contribution in [0.25, 0.3) is 0 Å².